The molecular weight excluding hydrogens is 352 g/mol. The minimum atomic E-state index is 0. The predicted molar refractivity (Wildman–Crippen MR) is 118 cm³/mol. The number of pyridine rings is 1. The molecule has 0 radical (unpaired) electrons. The van der Waals surface area contributed by atoms with E-state index in [-0.39, 0.29) is 12.4 Å². The Balaban J connectivity index is 0.00000210. The molecule has 1 fully saturated rings. The van der Waals surface area contributed by atoms with Gasteiger partial charge in [-0.25, -0.2) is 0 Å². The van der Waals surface area contributed by atoms with Crippen molar-refractivity contribution in [3.63, 3.8) is 0 Å². The van der Waals surface area contributed by atoms with Crippen molar-refractivity contribution < 1.29 is 0 Å². The van der Waals surface area contributed by atoms with Gasteiger partial charge in [0.1, 0.15) is 0 Å². The fourth-order valence-corrected chi connectivity index (χ4v) is 4.18. The maximum Gasteiger partial charge on any atom is 0.0429 e. The third-order valence-electron chi connectivity index (χ3n) is 5.71. The van der Waals surface area contributed by atoms with Crippen LogP contribution in [0.1, 0.15) is 41.6 Å². The standard InChI is InChI=1S/C24H28N2.ClH/c1-18-8-6-11-23-20(9-7-10-22(18)23)12-13-21-16-24(19(2)17-25-21)26-14-4-3-5-15-26;/h6-11,16-17H,3-5,12-15H2,1-2H3;1H. The minimum Gasteiger partial charge on any atom is -0.371 e. The number of aryl methyl sites for hydroxylation is 4. The van der Waals surface area contributed by atoms with Crippen LogP contribution >= 0.6 is 12.4 Å². The van der Waals surface area contributed by atoms with Gasteiger partial charge in [-0.15, -0.1) is 12.4 Å². The van der Waals surface area contributed by atoms with Crippen LogP contribution in [0.3, 0.4) is 0 Å². The molecule has 2 heterocycles. The van der Waals surface area contributed by atoms with E-state index >= 15 is 0 Å². The highest BCUT2D eigenvalue weighted by Crippen LogP contribution is 2.26. The topological polar surface area (TPSA) is 16.1 Å². The molecule has 1 aliphatic heterocycles. The van der Waals surface area contributed by atoms with Gasteiger partial charge in [-0.05, 0) is 79.5 Å². The molecule has 0 aliphatic carbocycles. The van der Waals surface area contributed by atoms with Gasteiger partial charge in [-0.1, -0.05) is 36.4 Å². The van der Waals surface area contributed by atoms with Gasteiger partial charge in [0.15, 0.2) is 0 Å². The molecule has 2 aromatic carbocycles. The van der Waals surface area contributed by atoms with Gasteiger partial charge < -0.3 is 4.90 Å². The second-order valence-electron chi connectivity index (χ2n) is 7.60. The van der Waals surface area contributed by atoms with Crippen LogP contribution in [0.15, 0.2) is 48.7 Å². The molecule has 3 heteroatoms. The van der Waals surface area contributed by atoms with Crippen LogP contribution in [0, 0.1) is 13.8 Å². The van der Waals surface area contributed by atoms with Gasteiger partial charge in [0.05, 0.1) is 0 Å². The molecule has 0 unspecified atom stereocenters. The summed E-state index contributed by atoms with van der Waals surface area (Å²) in [4.78, 5) is 7.27. The second-order valence-corrected chi connectivity index (χ2v) is 7.60. The van der Waals surface area contributed by atoms with Crippen LogP contribution in [-0.4, -0.2) is 18.1 Å². The number of aromatic nitrogens is 1. The molecule has 4 rings (SSSR count). The average molecular weight is 381 g/mol. The van der Waals surface area contributed by atoms with Crippen molar-refractivity contribution in [3.8, 4) is 0 Å². The highest BCUT2D eigenvalue weighted by molar-refractivity contribution is 5.88. The summed E-state index contributed by atoms with van der Waals surface area (Å²) in [5.41, 5.74) is 6.68. The maximum absolute atomic E-state index is 4.72. The van der Waals surface area contributed by atoms with E-state index in [1.165, 1.54) is 71.2 Å². The fourth-order valence-electron chi connectivity index (χ4n) is 4.18. The molecule has 1 aliphatic rings. The van der Waals surface area contributed by atoms with Crippen molar-refractivity contribution in [1.29, 1.82) is 0 Å². The van der Waals surface area contributed by atoms with Crippen LogP contribution in [0.4, 0.5) is 5.69 Å². The lowest BCUT2D eigenvalue weighted by atomic mass is 9.97. The van der Waals surface area contributed by atoms with Gasteiger partial charge in [0.2, 0.25) is 0 Å². The van der Waals surface area contributed by atoms with Crippen LogP contribution < -0.4 is 4.90 Å². The number of hydrogen-bond acceptors (Lipinski definition) is 2. The first kappa shape index (κ1) is 19.7. The number of benzene rings is 2. The van der Waals surface area contributed by atoms with Gasteiger partial charge in [0, 0.05) is 30.7 Å². The molecule has 3 aromatic rings. The molecule has 27 heavy (non-hydrogen) atoms. The molecule has 142 valence electrons. The Morgan fingerprint density at radius 1 is 0.852 bits per heavy atom. The molecule has 0 atom stereocenters. The highest BCUT2D eigenvalue weighted by atomic mass is 35.5. The number of hydrogen-bond donors (Lipinski definition) is 0. The van der Waals surface area contributed by atoms with Gasteiger partial charge >= 0.3 is 0 Å². The van der Waals surface area contributed by atoms with Crippen LogP contribution in [0.2, 0.25) is 0 Å². The Labute approximate surface area is 169 Å². The molecule has 0 spiro atoms. The smallest absolute Gasteiger partial charge is 0.0429 e. The van der Waals surface area contributed by atoms with E-state index in [2.05, 4.69) is 67.4 Å². The number of halogens is 1. The fraction of sp³-hybridized carbons (Fsp3) is 0.375. The largest absolute Gasteiger partial charge is 0.371 e. The summed E-state index contributed by atoms with van der Waals surface area (Å²) in [6, 6.07) is 15.6. The average Bonchev–Trinajstić information content (AvgIpc) is 2.68. The third-order valence-corrected chi connectivity index (χ3v) is 5.71. The zero-order valence-electron chi connectivity index (χ0n) is 16.4. The van der Waals surface area contributed by atoms with Crippen molar-refractivity contribution in [3.05, 3.63) is 71.0 Å². The maximum atomic E-state index is 4.72. The Morgan fingerprint density at radius 3 is 2.41 bits per heavy atom. The lowest BCUT2D eigenvalue weighted by Crippen LogP contribution is -2.30. The van der Waals surface area contributed by atoms with E-state index < -0.39 is 0 Å². The lowest BCUT2D eigenvalue weighted by Gasteiger charge is -2.30. The van der Waals surface area contributed by atoms with Crippen molar-refractivity contribution >= 4 is 28.9 Å². The van der Waals surface area contributed by atoms with Crippen LogP contribution in [0.5, 0.6) is 0 Å². The number of fused-ring (bicyclic) bond motifs is 1. The van der Waals surface area contributed by atoms with E-state index in [1.54, 1.807) is 0 Å². The summed E-state index contributed by atoms with van der Waals surface area (Å²) in [6.07, 6.45) is 8.09. The molecule has 0 bridgehead atoms. The normalized spacial score (nSPS) is 14.2. The van der Waals surface area contributed by atoms with Gasteiger partial charge in [-0.3, -0.25) is 4.98 Å². The molecule has 0 amide bonds. The Morgan fingerprint density at radius 2 is 1.59 bits per heavy atom. The first-order chi connectivity index (χ1) is 12.7. The number of piperidine rings is 1. The van der Waals surface area contributed by atoms with E-state index in [9.17, 15) is 0 Å². The highest BCUT2D eigenvalue weighted by Gasteiger charge is 2.14. The Hall–Kier alpha value is -2.06. The van der Waals surface area contributed by atoms with Crippen molar-refractivity contribution in [1.82, 2.24) is 4.98 Å². The molecule has 2 nitrogen and oxygen atoms in total. The number of rotatable bonds is 4. The first-order valence-corrected chi connectivity index (χ1v) is 9.90. The summed E-state index contributed by atoms with van der Waals surface area (Å²) in [5, 5.41) is 2.76. The number of anilines is 1. The van der Waals surface area contributed by atoms with E-state index in [0.29, 0.717) is 0 Å². The zero-order chi connectivity index (χ0) is 17.9. The summed E-state index contributed by atoms with van der Waals surface area (Å²) in [7, 11) is 0. The lowest BCUT2D eigenvalue weighted by molar-refractivity contribution is 0.576. The van der Waals surface area contributed by atoms with E-state index in [1.807, 2.05) is 0 Å². The summed E-state index contributed by atoms with van der Waals surface area (Å²) < 4.78 is 0. The summed E-state index contributed by atoms with van der Waals surface area (Å²) in [6.45, 7) is 6.76. The second kappa shape index (κ2) is 8.75. The minimum absolute atomic E-state index is 0. The molecule has 0 saturated carbocycles. The SMILES string of the molecule is Cc1cnc(CCc2cccc3c(C)cccc23)cc1N1CCCCC1.Cl. The molecule has 1 saturated heterocycles. The van der Waals surface area contributed by atoms with E-state index in [0.717, 1.165) is 12.8 Å². The monoisotopic (exact) mass is 380 g/mol. The first-order valence-electron chi connectivity index (χ1n) is 9.90. The molecule has 0 N–H and O–H groups in total. The van der Waals surface area contributed by atoms with Crippen LogP contribution in [0.25, 0.3) is 10.8 Å². The van der Waals surface area contributed by atoms with Crippen molar-refractivity contribution in [2.75, 3.05) is 18.0 Å². The van der Waals surface area contributed by atoms with Gasteiger partial charge in [0.25, 0.3) is 0 Å². The van der Waals surface area contributed by atoms with Crippen molar-refractivity contribution in [2.24, 2.45) is 0 Å². The summed E-state index contributed by atoms with van der Waals surface area (Å²) in [5.74, 6) is 0. The predicted octanol–water partition coefficient (Wildman–Crippen LogP) is 6.05. The van der Waals surface area contributed by atoms with Crippen LogP contribution in [-0.2, 0) is 12.8 Å². The van der Waals surface area contributed by atoms with Crippen molar-refractivity contribution in [2.45, 2.75) is 46.0 Å². The zero-order valence-corrected chi connectivity index (χ0v) is 17.2. The van der Waals surface area contributed by atoms with E-state index in [4.69, 9.17) is 4.98 Å². The quantitative estimate of drug-likeness (QED) is 0.547. The van der Waals surface area contributed by atoms with Gasteiger partial charge in [-0.2, -0.15) is 0 Å². The molecule has 1 aromatic heterocycles. The third kappa shape index (κ3) is 4.27. The number of nitrogens with zero attached hydrogens (tertiary/aromatic N) is 2. The Kier molecular flexibility index (Phi) is 6.38. The molecular formula is C24H29ClN2. The Bertz CT molecular complexity index is 913. The summed E-state index contributed by atoms with van der Waals surface area (Å²) >= 11 is 0.